The van der Waals surface area contributed by atoms with E-state index in [2.05, 4.69) is 5.32 Å². The molecule has 0 bridgehead atoms. The third-order valence-electron chi connectivity index (χ3n) is 7.93. The van der Waals surface area contributed by atoms with E-state index in [-0.39, 0.29) is 56.7 Å². The van der Waals surface area contributed by atoms with E-state index in [1.165, 1.54) is 6.92 Å². The fraction of sp³-hybridized carbons (Fsp3) is 0.312. The molecule has 0 saturated heterocycles. The minimum atomic E-state index is -0.659. The van der Waals surface area contributed by atoms with Gasteiger partial charge in [0.25, 0.3) is 5.91 Å². The fourth-order valence-electron chi connectivity index (χ4n) is 5.57. The number of methoxy groups -OCH3 is 1. The van der Waals surface area contributed by atoms with Gasteiger partial charge in [-0.2, -0.15) is 0 Å². The Balaban J connectivity index is 0.00000405. The van der Waals surface area contributed by atoms with Gasteiger partial charge in [-0.05, 0) is 75.0 Å². The molecule has 1 fully saturated rings. The van der Waals surface area contributed by atoms with Gasteiger partial charge in [-0.1, -0.05) is 41.9 Å². The lowest BCUT2D eigenvalue weighted by Crippen LogP contribution is -2.44. The normalized spacial score (nSPS) is 16.6. The zero-order chi connectivity index (χ0) is 29.3. The average Bonchev–Trinajstić information content (AvgIpc) is 3.35. The largest absolute Gasteiger partial charge is 0.496 e. The summed E-state index contributed by atoms with van der Waals surface area (Å²) in [7, 11) is 3.52. The summed E-state index contributed by atoms with van der Waals surface area (Å²) in [6, 6.07) is 15.5. The Bertz CT molecular complexity index is 1600. The highest BCUT2D eigenvalue weighted by molar-refractivity contribution is 7.21. The SMILES string of the molecule is CNC1CCC(N(Cc2cc(-c3ccc(C(C)=O)cc3)ccc2OC)C(=O)c2sc3c(F)ccc(F)c3c2Cl)CC1.Cl. The maximum Gasteiger partial charge on any atom is 0.266 e. The predicted octanol–water partition coefficient (Wildman–Crippen LogP) is 8.31. The lowest BCUT2D eigenvalue weighted by Gasteiger charge is -2.37. The van der Waals surface area contributed by atoms with Gasteiger partial charge in [-0.3, -0.25) is 9.59 Å². The third-order valence-corrected chi connectivity index (χ3v) is 9.60. The van der Waals surface area contributed by atoms with Crippen LogP contribution in [0.5, 0.6) is 5.75 Å². The lowest BCUT2D eigenvalue weighted by molar-refractivity contribution is 0.0604. The van der Waals surface area contributed by atoms with Crippen LogP contribution < -0.4 is 10.1 Å². The number of ether oxygens (including phenoxy) is 1. The van der Waals surface area contributed by atoms with Crippen molar-refractivity contribution in [3.8, 4) is 16.9 Å². The molecule has 0 aliphatic heterocycles. The predicted molar refractivity (Wildman–Crippen MR) is 167 cm³/mol. The Hall–Kier alpha value is -3.04. The average molecular weight is 634 g/mol. The van der Waals surface area contributed by atoms with E-state index in [0.717, 1.165) is 65.8 Å². The molecule has 4 aromatic rings. The first-order valence-corrected chi connectivity index (χ1v) is 14.7. The quantitative estimate of drug-likeness (QED) is 0.198. The number of rotatable bonds is 8. The molecule has 1 heterocycles. The minimum absolute atomic E-state index is 0. The Labute approximate surface area is 259 Å². The zero-order valence-electron chi connectivity index (χ0n) is 23.5. The summed E-state index contributed by atoms with van der Waals surface area (Å²) >= 11 is 7.44. The van der Waals surface area contributed by atoms with Crippen LogP contribution in [-0.2, 0) is 6.54 Å². The van der Waals surface area contributed by atoms with Crippen LogP contribution in [0.1, 0.15) is 58.2 Å². The van der Waals surface area contributed by atoms with E-state index >= 15 is 0 Å². The molecule has 1 aliphatic rings. The summed E-state index contributed by atoms with van der Waals surface area (Å²) in [5.41, 5.74) is 3.25. The number of halogens is 4. The van der Waals surface area contributed by atoms with Crippen LogP contribution in [0.2, 0.25) is 5.02 Å². The number of thiophene rings is 1. The second-order valence-electron chi connectivity index (χ2n) is 10.4. The Kier molecular flexibility index (Phi) is 10.3. The molecule has 0 unspecified atom stereocenters. The molecule has 0 radical (unpaired) electrons. The molecule has 3 aromatic carbocycles. The van der Waals surface area contributed by atoms with Crippen LogP contribution in [-0.4, -0.2) is 42.8 Å². The summed E-state index contributed by atoms with van der Waals surface area (Å²) in [6.07, 6.45) is 3.34. The van der Waals surface area contributed by atoms with Crippen LogP contribution >= 0.6 is 35.3 Å². The van der Waals surface area contributed by atoms with E-state index in [4.69, 9.17) is 16.3 Å². The zero-order valence-corrected chi connectivity index (χ0v) is 25.9. The van der Waals surface area contributed by atoms with Crippen molar-refractivity contribution in [3.63, 3.8) is 0 Å². The monoisotopic (exact) mass is 632 g/mol. The number of carbonyl (C=O) groups excluding carboxylic acids is 2. The van der Waals surface area contributed by atoms with Crippen molar-refractivity contribution in [1.29, 1.82) is 0 Å². The molecule has 222 valence electrons. The highest BCUT2D eigenvalue weighted by atomic mass is 35.5. The van der Waals surface area contributed by atoms with Gasteiger partial charge in [0.1, 0.15) is 22.3 Å². The summed E-state index contributed by atoms with van der Waals surface area (Å²) < 4.78 is 35.0. The number of carbonyl (C=O) groups is 2. The Morgan fingerprint density at radius 3 is 2.24 bits per heavy atom. The molecular formula is C32H32Cl2F2N2O3S. The van der Waals surface area contributed by atoms with Crippen molar-refractivity contribution in [2.24, 2.45) is 0 Å². The molecule has 5 nitrogen and oxygen atoms in total. The van der Waals surface area contributed by atoms with Crippen molar-refractivity contribution < 1.29 is 23.1 Å². The highest BCUT2D eigenvalue weighted by Gasteiger charge is 2.33. The van der Waals surface area contributed by atoms with Gasteiger partial charge >= 0.3 is 0 Å². The van der Waals surface area contributed by atoms with Gasteiger partial charge in [-0.15, -0.1) is 23.7 Å². The molecule has 0 atom stereocenters. The van der Waals surface area contributed by atoms with E-state index < -0.39 is 11.6 Å². The van der Waals surface area contributed by atoms with Gasteiger partial charge in [0.15, 0.2) is 5.78 Å². The van der Waals surface area contributed by atoms with Crippen molar-refractivity contribution in [3.05, 3.63) is 87.3 Å². The van der Waals surface area contributed by atoms with Crippen molar-refractivity contribution in [2.75, 3.05) is 14.2 Å². The topological polar surface area (TPSA) is 58.6 Å². The van der Waals surface area contributed by atoms with Crippen LogP contribution in [0.4, 0.5) is 8.78 Å². The van der Waals surface area contributed by atoms with Gasteiger partial charge < -0.3 is 15.0 Å². The summed E-state index contributed by atoms with van der Waals surface area (Å²) in [6.45, 7) is 1.76. The van der Waals surface area contributed by atoms with E-state index in [1.54, 1.807) is 24.1 Å². The van der Waals surface area contributed by atoms with E-state index in [0.29, 0.717) is 17.4 Å². The number of fused-ring (bicyclic) bond motifs is 1. The van der Waals surface area contributed by atoms with Crippen LogP contribution in [0.25, 0.3) is 21.2 Å². The molecule has 42 heavy (non-hydrogen) atoms. The number of hydrogen-bond donors (Lipinski definition) is 1. The van der Waals surface area contributed by atoms with Crippen LogP contribution in [0.3, 0.4) is 0 Å². The minimum Gasteiger partial charge on any atom is -0.496 e. The first kappa shape index (κ1) is 31.9. The number of Topliss-reactive ketones (excluding diaryl/α,β-unsaturated/α-hetero) is 1. The first-order valence-electron chi connectivity index (χ1n) is 13.5. The molecule has 1 saturated carbocycles. The van der Waals surface area contributed by atoms with Gasteiger partial charge in [-0.25, -0.2) is 8.78 Å². The Morgan fingerprint density at radius 1 is 1.00 bits per heavy atom. The first-order chi connectivity index (χ1) is 19.7. The van der Waals surface area contributed by atoms with Gasteiger partial charge in [0, 0.05) is 29.8 Å². The van der Waals surface area contributed by atoms with E-state index in [9.17, 15) is 18.4 Å². The molecule has 5 rings (SSSR count). The molecule has 1 amide bonds. The number of nitrogens with one attached hydrogen (secondary N) is 1. The molecule has 1 aromatic heterocycles. The standard InChI is InChI=1S/C32H31ClF2N2O3S.ClH/c1-18(38)19-4-6-20(7-5-19)21-8-15-27(40-3)22(16-21)17-37(24-11-9-23(36-2)10-12-24)32(39)31-29(33)28-25(34)13-14-26(35)30(28)41-31;/h4-8,13-16,23-24,36H,9-12,17H2,1-3H3;1H. The lowest BCUT2D eigenvalue weighted by atomic mass is 9.89. The molecular weight excluding hydrogens is 601 g/mol. The number of amides is 1. The highest BCUT2D eigenvalue weighted by Crippen LogP contribution is 2.40. The van der Waals surface area contributed by atoms with Crippen LogP contribution in [0.15, 0.2) is 54.6 Å². The molecule has 1 N–H and O–H groups in total. The van der Waals surface area contributed by atoms with Gasteiger partial charge in [0.05, 0.1) is 22.2 Å². The molecule has 1 aliphatic carbocycles. The number of ketones is 1. The summed E-state index contributed by atoms with van der Waals surface area (Å²) in [5, 5.41) is 3.20. The Morgan fingerprint density at radius 2 is 1.64 bits per heavy atom. The second kappa shape index (κ2) is 13.5. The number of hydrogen-bond acceptors (Lipinski definition) is 5. The second-order valence-corrected chi connectivity index (χ2v) is 11.8. The van der Waals surface area contributed by atoms with Crippen molar-refractivity contribution in [2.45, 2.75) is 51.2 Å². The smallest absolute Gasteiger partial charge is 0.266 e. The molecule has 0 spiro atoms. The number of benzene rings is 3. The van der Waals surface area contributed by atoms with E-state index in [1.807, 2.05) is 37.4 Å². The maximum absolute atomic E-state index is 14.7. The summed E-state index contributed by atoms with van der Waals surface area (Å²) in [4.78, 5) is 27.8. The van der Waals surface area contributed by atoms with Crippen molar-refractivity contribution in [1.82, 2.24) is 10.2 Å². The summed E-state index contributed by atoms with van der Waals surface area (Å²) in [5.74, 6) is -1.02. The van der Waals surface area contributed by atoms with Crippen LogP contribution in [0, 0.1) is 11.6 Å². The number of nitrogens with zero attached hydrogens (tertiary/aromatic N) is 1. The molecule has 10 heteroatoms. The third kappa shape index (κ3) is 6.32. The van der Waals surface area contributed by atoms with Crippen molar-refractivity contribution >= 4 is 57.1 Å². The van der Waals surface area contributed by atoms with Gasteiger partial charge in [0.2, 0.25) is 0 Å². The maximum atomic E-state index is 14.7. The fourth-order valence-corrected chi connectivity index (χ4v) is 7.08.